The molecule has 1 aliphatic rings. The van der Waals surface area contributed by atoms with Gasteiger partial charge in [-0.05, 0) is 18.1 Å². The summed E-state index contributed by atoms with van der Waals surface area (Å²) >= 11 is 0. The summed E-state index contributed by atoms with van der Waals surface area (Å²) in [4.78, 5) is 0. The van der Waals surface area contributed by atoms with Gasteiger partial charge in [0.15, 0.2) is 0 Å². The molecule has 0 radical (unpaired) electrons. The minimum atomic E-state index is -3.84. The van der Waals surface area contributed by atoms with Crippen molar-refractivity contribution in [1.29, 1.82) is 0 Å². The first kappa shape index (κ1) is 16.0. The molecule has 4 nitrogen and oxygen atoms in total. The highest BCUT2D eigenvalue weighted by molar-refractivity contribution is 7.85. The van der Waals surface area contributed by atoms with Crippen LogP contribution in [0.2, 0.25) is 0 Å². The zero-order valence-corrected chi connectivity index (χ0v) is 14.0. The van der Waals surface area contributed by atoms with Crippen LogP contribution in [0.3, 0.4) is 0 Å². The Hall–Kier alpha value is -1.85. The summed E-state index contributed by atoms with van der Waals surface area (Å²) in [6.07, 6.45) is 3.77. The standard InChI is InChI=1S/C18H21NO3S/c1-2-3-9-14-18(15-10-5-4-6-11-15)16-12-7-8-13-17(16)22-23(20,21)19-18/h4-8,10-13,19H,2-3,9,14H2,1H3/t18-/m1/s1. The van der Waals surface area contributed by atoms with Crippen LogP contribution in [-0.4, -0.2) is 8.42 Å². The average Bonchev–Trinajstić information content (AvgIpc) is 2.55. The van der Waals surface area contributed by atoms with Gasteiger partial charge in [0.2, 0.25) is 0 Å². The number of nitrogens with one attached hydrogen (secondary N) is 1. The molecule has 5 heteroatoms. The molecule has 0 aromatic heterocycles. The molecule has 0 amide bonds. The van der Waals surface area contributed by atoms with E-state index in [4.69, 9.17) is 4.18 Å². The van der Waals surface area contributed by atoms with E-state index in [1.54, 1.807) is 12.1 Å². The van der Waals surface area contributed by atoms with Gasteiger partial charge < -0.3 is 4.18 Å². The largest absolute Gasteiger partial charge is 0.383 e. The van der Waals surface area contributed by atoms with Crippen molar-refractivity contribution in [2.24, 2.45) is 0 Å². The molecule has 122 valence electrons. The fourth-order valence-corrected chi connectivity index (χ4v) is 4.39. The molecule has 23 heavy (non-hydrogen) atoms. The number of benzene rings is 2. The fourth-order valence-electron chi connectivity index (χ4n) is 3.21. The molecule has 3 rings (SSSR count). The molecular weight excluding hydrogens is 310 g/mol. The van der Waals surface area contributed by atoms with Crippen LogP contribution >= 0.6 is 0 Å². The summed E-state index contributed by atoms with van der Waals surface area (Å²) in [5.74, 6) is 0.409. The predicted molar refractivity (Wildman–Crippen MR) is 90.5 cm³/mol. The van der Waals surface area contributed by atoms with Gasteiger partial charge in [-0.15, -0.1) is 0 Å². The molecular formula is C18H21NO3S. The van der Waals surface area contributed by atoms with E-state index >= 15 is 0 Å². The van der Waals surface area contributed by atoms with Crippen molar-refractivity contribution in [3.63, 3.8) is 0 Å². The van der Waals surface area contributed by atoms with Gasteiger partial charge in [-0.25, -0.2) is 0 Å². The molecule has 2 aromatic carbocycles. The summed E-state index contributed by atoms with van der Waals surface area (Å²) in [5.41, 5.74) is 1.04. The van der Waals surface area contributed by atoms with E-state index in [9.17, 15) is 8.42 Å². The molecule has 0 saturated heterocycles. The summed E-state index contributed by atoms with van der Waals surface area (Å²) < 4.78 is 32.6. The van der Waals surface area contributed by atoms with E-state index in [1.165, 1.54) is 0 Å². The van der Waals surface area contributed by atoms with E-state index in [0.717, 1.165) is 30.4 Å². The maximum atomic E-state index is 12.3. The molecule has 1 atom stereocenters. The Morgan fingerprint density at radius 2 is 1.70 bits per heavy atom. The number of unbranched alkanes of at least 4 members (excludes halogenated alkanes) is 2. The van der Waals surface area contributed by atoms with E-state index < -0.39 is 15.8 Å². The Kier molecular flexibility index (Phi) is 4.41. The van der Waals surface area contributed by atoms with Gasteiger partial charge >= 0.3 is 10.3 Å². The van der Waals surface area contributed by atoms with Crippen LogP contribution in [0.5, 0.6) is 5.75 Å². The number of hydrogen-bond acceptors (Lipinski definition) is 3. The highest BCUT2D eigenvalue weighted by atomic mass is 32.2. The summed E-state index contributed by atoms with van der Waals surface area (Å²) in [6, 6.07) is 17.1. The number of hydrogen-bond donors (Lipinski definition) is 1. The lowest BCUT2D eigenvalue weighted by atomic mass is 9.79. The topological polar surface area (TPSA) is 55.4 Å². The average molecular weight is 331 g/mol. The predicted octanol–water partition coefficient (Wildman–Crippen LogP) is 3.74. The molecule has 1 N–H and O–H groups in total. The second-order valence-electron chi connectivity index (χ2n) is 5.86. The summed E-state index contributed by atoms with van der Waals surface area (Å²) in [7, 11) is -3.84. The van der Waals surface area contributed by atoms with Gasteiger partial charge in [0.05, 0.1) is 5.54 Å². The Bertz CT molecular complexity index is 774. The van der Waals surface area contributed by atoms with Crippen LogP contribution in [0.4, 0.5) is 0 Å². The molecule has 1 heterocycles. The molecule has 0 aliphatic carbocycles. The normalized spacial score (nSPS) is 22.1. The summed E-state index contributed by atoms with van der Waals surface area (Å²) in [6.45, 7) is 2.14. The van der Waals surface area contributed by atoms with E-state index in [0.29, 0.717) is 12.2 Å². The molecule has 2 aromatic rings. The highest BCUT2D eigenvalue weighted by Crippen LogP contribution is 2.43. The first-order valence-electron chi connectivity index (χ1n) is 7.96. The maximum Gasteiger partial charge on any atom is 0.383 e. The van der Waals surface area contributed by atoms with Crippen molar-refractivity contribution in [2.75, 3.05) is 0 Å². The lowest BCUT2D eigenvalue weighted by molar-refractivity contribution is 0.351. The van der Waals surface area contributed by atoms with Crippen molar-refractivity contribution in [2.45, 2.75) is 38.1 Å². The van der Waals surface area contributed by atoms with Crippen LogP contribution < -0.4 is 8.91 Å². The maximum absolute atomic E-state index is 12.3. The fraction of sp³-hybridized carbons (Fsp3) is 0.333. The molecule has 0 bridgehead atoms. The second kappa shape index (κ2) is 6.34. The Morgan fingerprint density at radius 1 is 1.00 bits per heavy atom. The van der Waals surface area contributed by atoms with Crippen molar-refractivity contribution in [3.05, 3.63) is 65.7 Å². The Labute approximate surface area is 137 Å². The number of rotatable bonds is 5. The van der Waals surface area contributed by atoms with Gasteiger partial charge in [-0.3, -0.25) is 0 Å². The third-order valence-corrected chi connectivity index (χ3v) is 5.26. The number of fused-ring (bicyclic) bond motifs is 1. The van der Waals surface area contributed by atoms with Gasteiger partial charge in [0.25, 0.3) is 0 Å². The highest BCUT2D eigenvalue weighted by Gasteiger charge is 2.44. The zero-order chi connectivity index (χ0) is 16.3. The van der Waals surface area contributed by atoms with Crippen LogP contribution in [0, 0.1) is 0 Å². The first-order chi connectivity index (χ1) is 11.1. The van der Waals surface area contributed by atoms with Crippen LogP contribution in [-0.2, 0) is 15.8 Å². The van der Waals surface area contributed by atoms with E-state index in [1.807, 2.05) is 42.5 Å². The quantitative estimate of drug-likeness (QED) is 0.849. The molecule has 0 unspecified atom stereocenters. The van der Waals surface area contributed by atoms with Crippen LogP contribution in [0.25, 0.3) is 0 Å². The van der Waals surface area contributed by atoms with E-state index in [2.05, 4.69) is 11.6 Å². The SMILES string of the molecule is CCCCC[C@]1(c2ccccc2)NS(=O)(=O)Oc2ccccc21. The Morgan fingerprint density at radius 3 is 2.43 bits per heavy atom. The van der Waals surface area contributed by atoms with Crippen LogP contribution in [0.15, 0.2) is 54.6 Å². The second-order valence-corrected chi connectivity index (χ2v) is 7.14. The first-order valence-corrected chi connectivity index (χ1v) is 9.37. The smallest absolute Gasteiger partial charge is 0.370 e. The summed E-state index contributed by atoms with van der Waals surface area (Å²) in [5, 5.41) is 0. The molecule has 0 spiro atoms. The lowest BCUT2D eigenvalue weighted by Gasteiger charge is -2.39. The monoisotopic (exact) mass is 331 g/mol. The van der Waals surface area contributed by atoms with Crippen molar-refractivity contribution in [1.82, 2.24) is 4.72 Å². The minimum absolute atomic E-state index is 0.409. The molecule has 0 fully saturated rings. The minimum Gasteiger partial charge on any atom is -0.370 e. The molecule has 0 saturated carbocycles. The van der Waals surface area contributed by atoms with E-state index in [-0.39, 0.29) is 0 Å². The third kappa shape index (κ3) is 3.12. The lowest BCUT2D eigenvalue weighted by Crippen LogP contribution is -2.51. The van der Waals surface area contributed by atoms with Crippen molar-refractivity contribution in [3.8, 4) is 5.75 Å². The molecule has 1 aliphatic heterocycles. The van der Waals surface area contributed by atoms with Gasteiger partial charge in [-0.2, -0.15) is 13.1 Å². The van der Waals surface area contributed by atoms with Crippen LogP contribution in [0.1, 0.15) is 43.7 Å². The van der Waals surface area contributed by atoms with Crippen molar-refractivity contribution < 1.29 is 12.6 Å². The van der Waals surface area contributed by atoms with Gasteiger partial charge in [-0.1, -0.05) is 74.7 Å². The Balaban J connectivity index is 2.18. The van der Waals surface area contributed by atoms with Gasteiger partial charge in [0, 0.05) is 5.56 Å². The van der Waals surface area contributed by atoms with Crippen molar-refractivity contribution >= 4 is 10.3 Å². The number of para-hydroxylation sites is 1. The zero-order valence-electron chi connectivity index (χ0n) is 13.2. The van der Waals surface area contributed by atoms with Gasteiger partial charge in [0.1, 0.15) is 5.75 Å². The third-order valence-electron chi connectivity index (χ3n) is 4.27.